The maximum atomic E-state index is 13.0. The highest BCUT2D eigenvalue weighted by Gasteiger charge is 2.33. The van der Waals surface area contributed by atoms with Crippen LogP contribution in [0, 0.1) is 13.8 Å². The number of anilines is 1. The summed E-state index contributed by atoms with van der Waals surface area (Å²) in [5.41, 5.74) is 2.74. The first-order chi connectivity index (χ1) is 15.7. The summed E-state index contributed by atoms with van der Waals surface area (Å²) in [6.07, 6.45) is 1.60. The number of aryl methyl sites for hydroxylation is 1. The van der Waals surface area contributed by atoms with Gasteiger partial charge in [-0.3, -0.25) is 19.4 Å². The van der Waals surface area contributed by atoms with Crippen molar-refractivity contribution in [2.45, 2.75) is 26.6 Å². The molecule has 0 aromatic carbocycles. The molecule has 0 saturated heterocycles. The maximum absolute atomic E-state index is 13.0. The van der Waals surface area contributed by atoms with E-state index in [1.54, 1.807) is 38.5 Å². The molecule has 1 N–H and O–H groups in total. The monoisotopic (exact) mass is 452 g/mol. The van der Waals surface area contributed by atoms with E-state index in [0.29, 0.717) is 28.3 Å². The number of hydrogen-bond donors (Lipinski definition) is 1. The van der Waals surface area contributed by atoms with Gasteiger partial charge in [-0.1, -0.05) is 6.07 Å². The van der Waals surface area contributed by atoms with Crippen LogP contribution in [0.3, 0.4) is 0 Å². The lowest BCUT2D eigenvalue weighted by Gasteiger charge is -2.09. The second-order valence-corrected chi connectivity index (χ2v) is 7.35. The Morgan fingerprint density at radius 1 is 1.00 bits per heavy atom. The van der Waals surface area contributed by atoms with E-state index in [-0.39, 0.29) is 12.5 Å². The van der Waals surface area contributed by atoms with Crippen LogP contribution in [0.5, 0.6) is 0 Å². The number of carbonyl (C=O) groups is 1. The fourth-order valence-corrected chi connectivity index (χ4v) is 3.50. The summed E-state index contributed by atoms with van der Waals surface area (Å²) in [5, 5.41) is 7.05. The smallest absolute Gasteiger partial charge is 0.309 e. The van der Waals surface area contributed by atoms with Crippen LogP contribution in [-0.4, -0.2) is 30.6 Å². The van der Waals surface area contributed by atoms with Crippen LogP contribution in [0.4, 0.5) is 19.0 Å². The summed E-state index contributed by atoms with van der Waals surface area (Å²) in [6, 6.07) is 9.71. The molecule has 0 spiro atoms. The molecule has 0 unspecified atom stereocenters. The summed E-state index contributed by atoms with van der Waals surface area (Å²) in [5.74, 6) is 0.0119. The van der Waals surface area contributed by atoms with Crippen molar-refractivity contribution >= 4 is 11.7 Å². The van der Waals surface area contributed by atoms with Crippen LogP contribution in [0.2, 0.25) is 0 Å². The average Bonchev–Trinajstić information content (AvgIpc) is 3.07. The Labute approximate surface area is 187 Å². The summed E-state index contributed by atoms with van der Waals surface area (Å²) >= 11 is 0. The molecule has 1 amide bonds. The minimum Gasteiger partial charge on any atom is -0.309 e. The van der Waals surface area contributed by atoms with Gasteiger partial charge < -0.3 is 5.32 Å². The van der Waals surface area contributed by atoms with Crippen LogP contribution < -0.4 is 5.32 Å². The predicted octanol–water partition coefficient (Wildman–Crippen LogP) is 4.68. The molecule has 0 bridgehead atoms. The van der Waals surface area contributed by atoms with Crippen molar-refractivity contribution in [3.63, 3.8) is 0 Å². The van der Waals surface area contributed by atoms with Gasteiger partial charge in [-0.2, -0.15) is 18.3 Å². The highest BCUT2D eigenvalue weighted by atomic mass is 19.4. The molecule has 33 heavy (non-hydrogen) atoms. The fourth-order valence-electron chi connectivity index (χ4n) is 3.50. The van der Waals surface area contributed by atoms with Gasteiger partial charge in [0.15, 0.2) is 0 Å². The van der Waals surface area contributed by atoms with E-state index >= 15 is 0 Å². The van der Waals surface area contributed by atoms with Crippen molar-refractivity contribution in [1.82, 2.24) is 24.7 Å². The lowest BCUT2D eigenvalue weighted by Crippen LogP contribution is -2.20. The van der Waals surface area contributed by atoms with Crippen molar-refractivity contribution < 1.29 is 18.0 Å². The van der Waals surface area contributed by atoms with E-state index < -0.39 is 11.9 Å². The Kier molecular flexibility index (Phi) is 5.91. The largest absolute Gasteiger partial charge is 0.433 e. The third-order valence-corrected chi connectivity index (χ3v) is 5.04. The number of halogens is 3. The second kappa shape index (κ2) is 8.81. The zero-order valence-corrected chi connectivity index (χ0v) is 17.8. The van der Waals surface area contributed by atoms with Gasteiger partial charge in [-0.25, -0.2) is 4.98 Å². The van der Waals surface area contributed by atoms with Gasteiger partial charge in [0.1, 0.15) is 18.1 Å². The van der Waals surface area contributed by atoms with Gasteiger partial charge >= 0.3 is 6.18 Å². The number of alkyl halides is 3. The molecular weight excluding hydrogens is 433 g/mol. The number of hydrogen-bond acceptors (Lipinski definition) is 5. The summed E-state index contributed by atoms with van der Waals surface area (Å²) in [6.45, 7) is 3.27. The fraction of sp³-hybridized carbons (Fsp3) is 0.174. The van der Waals surface area contributed by atoms with Crippen molar-refractivity contribution in [2.75, 3.05) is 5.32 Å². The number of pyridine rings is 3. The number of nitrogens with one attached hydrogen (secondary N) is 1. The molecular formula is C23H19F3N6O. The highest BCUT2D eigenvalue weighted by molar-refractivity contribution is 5.90. The number of rotatable bonds is 5. The zero-order valence-electron chi connectivity index (χ0n) is 17.8. The molecule has 4 heterocycles. The van der Waals surface area contributed by atoms with Crippen molar-refractivity contribution in [1.29, 1.82) is 0 Å². The molecule has 0 aliphatic carbocycles. The molecule has 0 saturated carbocycles. The van der Waals surface area contributed by atoms with E-state index in [0.717, 1.165) is 23.4 Å². The first-order valence-electron chi connectivity index (χ1n) is 9.96. The Hall–Kier alpha value is -4.08. The highest BCUT2D eigenvalue weighted by Crippen LogP contribution is 2.32. The van der Waals surface area contributed by atoms with E-state index in [1.807, 2.05) is 18.2 Å². The molecule has 0 atom stereocenters. The zero-order chi connectivity index (χ0) is 23.6. The van der Waals surface area contributed by atoms with Crippen LogP contribution >= 0.6 is 0 Å². The van der Waals surface area contributed by atoms with E-state index in [4.69, 9.17) is 0 Å². The van der Waals surface area contributed by atoms with Crippen LogP contribution in [0.15, 0.2) is 61.2 Å². The van der Waals surface area contributed by atoms with Gasteiger partial charge in [-0.05, 0) is 49.7 Å². The van der Waals surface area contributed by atoms with Gasteiger partial charge in [-0.15, -0.1) is 0 Å². The molecule has 4 aromatic heterocycles. The lowest BCUT2D eigenvalue weighted by molar-refractivity contribution is -0.141. The van der Waals surface area contributed by atoms with Gasteiger partial charge in [0, 0.05) is 47.2 Å². The first-order valence-corrected chi connectivity index (χ1v) is 9.96. The first kappa shape index (κ1) is 22.1. The topological polar surface area (TPSA) is 85.6 Å². The molecule has 0 aliphatic rings. The number of amides is 1. The summed E-state index contributed by atoms with van der Waals surface area (Å²) in [7, 11) is 0. The van der Waals surface area contributed by atoms with Crippen LogP contribution in [0.1, 0.15) is 17.1 Å². The average molecular weight is 452 g/mol. The quantitative estimate of drug-likeness (QED) is 0.475. The van der Waals surface area contributed by atoms with Crippen LogP contribution in [0.25, 0.3) is 22.3 Å². The molecule has 168 valence electrons. The second-order valence-electron chi connectivity index (χ2n) is 7.35. The molecule has 0 aliphatic heterocycles. The predicted molar refractivity (Wildman–Crippen MR) is 116 cm³/mol. The molecule has 7 nitrogen and oxygen atoms in total. The normalized spacial score (nSPS) is 11.4. The van der Waals surface area contributed by atoms with Crippen molar-refractivity contribution in [3.8, 4) is 22.3 Å². The van der Waals surface area contributed by atoms with Crippen LogP contribution in [-0.2, 0) is 17.5 Å². The van der Waals surface area contributed by atoms with E-state index in [2.05, 4.69) is 25.4 Å². The van der Waals surface area contributed by atoms with Crippen molar-refractivity contribution in [3.05, 3.63) is 78.3 Å². The third kappa shape index (κ3) is 4.89. The molecule has 0 fully saturated rings. The minimum absolute atomic E-state index is 0.115. The molecule has 10 heteroatoms. The molecule has 0 radical (unpaired) electrons. The van der Waals surface area contributed by atoms with E-state index in [9.17, 15) is 18.0 Å². The van der Waals surface area contributed by atoms with Gasteiger partial charge in [0.05, 0.1) is 5.69 Å². The van der Waals surface area contributed by atoms with Crippen molar-refractivity contribution in [2.24, 2.45) is 0 Å². The molecule has 4 rings (SSSR count). The summed E-state index contributed by atoms with van der Waals surface area (Å²) in [4.78, 5) is 24.3. The SMILES string of the molecule is Cc1nn(CC(=O)Nc2ccc(-c3cccnc3)cn2)c(C)c1-c1ccnc(C(F)(F)F)c1. The molecule has 4 aromatic rings. The Morgan fingerprint density at radius 2 is 1.79 bits per heavy atom. The number of nitrogens with zero attached hydrogens (tertiary/aromatic N) is 5. The third-order valence-electron chi connectivity index (χ3n) is 5.04. The Bertz CT molecular complexity index is 1280. The van der Waals surface area contributed by atoms with Gasteiger partial charge in [0.2, 0.25) is 5.91 Å². The number of aromatic nitrogens is 5. The Morgan fingerprint density at radius 3 is 2.45 bits per heavy atom. The standard InChI is InChI=1S/C23H19F3N6O/c1-14-22(16-7-9-28-19(10-16)23(24,25)26)15(2)32(31-14)13-21(33)30-20-6-5-18(12-29-20)17-4-3-8-27-11-17/h3-12H,13H2,1-2H3,(H,29,30,33). The van der Waals surface area contributed by atoms with Gasteiger partial charge in [0.25, 0.3) is 0 Å². The number of carbonyl (C=O) groups excluding carboxylic acids is 1. The maximum Gasteiger partial charge on any atom is 0.433 e. The minimum atomic E-state index is -4.55. The summed E-state index contributed by atoms with van der Waals surface area (Å²) < 4.78 is 40.6. The Balaban J connectivity index is 1.49. The lowest BCUT2D eigenvalue weighted by atomic mass is 10.0. The van der Waals surface area contributed by atoms with E-state index in [1.165, 1.54) is 10.7 Å².